The van der Waals surface area contributed by atoms with Crippen molar-refractivity contribution in [3.05, 3.63) is 47.5 Å². The Morgan fingerprint density at radius 3 is 2.40 bits per heavy atom. The Morgan fingerprint density at radius 2 is 1.76 bits per heavy atom. The van der Waals surface area contributed by atoms with Crippen LogP contribution in [0.25, 0.3) is 0 Å². The van der Waals surface area contributed by atoms with Crippen LogP contribution in [0.5, 0.6) is 5.88 Å². The lowest BCUT2D eigenvalue weighted by Gasteiger charge is -2.37. The summed E-state index contributed by atoms with van der Waals surface area (Å²) in [5.74, 6) is 0.666. The van der Waals surface area contributed by atoms with Crippen molar-refractivity contribution in [1.29, 1.82) is 0 Å². The van der Waals surface area contributed by atoms with Crippen molar-refractivity contribution in [2.75, 3.05) is 50.2 Å². The highest BCUT2D eigenvalue weighted by Crippen LogP contribution is 2.24. The summed E-state index contributed by atoms with van der Waals surface area (Å²) in [6.07, 6.45) is 0. The Labute approximate surface area is 148 Å². The minimum atomic E-state index is -0.444. The summed E-state index contributed by atoms with van der Waals surface area (Å²) < 4.78 is 10.0. The average Bonchev–Trinajstić information content (AvgIpc) is 2.67. The molecule has 1 aromatic heterocycles. The molecular weight excluding hydrogens is 318 g/mol. The molecule has 2 aromatic rings. The van der Waals surface area contributed by atoms with Crippen molar-refractivity contribution < 1.29 is 14.3 Å². The number of anilines is 2. The second kappa shape index (κ2) is 7.42. The van der Waals surface area contributed by atoms with E-state index in [-0.39, 0.29) is 0 Å². The molecule has 0 bridgehead atoms. The first-order valence-corrected chi connectivity index (χ1v) is 8.32. The summed E-state index contributed by atoms with van der Waals surface area (Å²) in [7, 11) is 2.86. The van der Waals surface area contributed by atoms with Crippen LogP contribution in [0, 0.1) is 6.92 Å². The predicted molar refractivity (Wildman–Crippen MR) is 97.7 cm³/mol. The summed E-state index contributed by atoms with van der Waals surface area (Å²) in [6, 6.07) is 12.1. The molecule has 1 aliphatic rings. The molecule has 3 rings (SSSR count). The number of carbonyl (C=O) groups is 1. The lowest BCUT2D eigenvalue weighted by molar-refractivity contribution is 0.0596. The van der Waals surface area contributed by atoms with Gasteiger partial charge in [0.05, 0.1) is 14.2 Å². The van der Waals surface area contributed by atoms with E-state index in [1.54, 1.807) is 6.07 Å². The van der Waals surface area contributed by atoms with Gasteiger partial charge in [-0.2, -0.15) is 4.98 Å². The third kappa shape index (κ3) is 3.68. The van der Waals surface area contributed by atoms with Gasteiger partial charge in [-0.1, -0.05) is 12.1 Å². The highest BCUT2D eigenvalue weighted by molar-refractivity contribution is 5.92. The van der Waals surface area contributed by atoms with Gasteiger partial charge in [0.15, 0.2) is 0 Å². The van der Waals surface area contributed by atoms with E-state index >= 15 is 0 Å². The van der Waals surface area contributed by atoms with Crippen molar-refractivity contribution in [2.45, 2.75) is 6.92 Å². The van der Waals surface area contributed by atoms with E-state index in [1.807, 2.05) is 6.07 Å². The lowest BCUT2D eigenvalue weighted by atomic mass is 10.2. The number of pyridine rings is 1. The molecule has 0 unspecified atom stereocenters. The zero-order valence-electron chi connectivity index (χ0n) is 14.9. The van der Waals surface area contributed by atoms with Crippen molar-refractivity contribution in [2.24, 2.45) is 0 Å². The first kappa shape index (κ1) is 17.1. The molecule has 132 valence electrons. The molecule has 6 nitrogen and oxygen atoms in total. The number of benzene rings is 1. The molecule has 0 N–H and O–H groups in total. The Morgan fingerprint density at radius 1 is 1.04 bits per heavy atom. The smallest absolute Gasteiger partial charge is 0.343 e. The molecule has 0 atom stereocenters. The molecule has 6 heteroatoms. The number of ether oxygens (including phenoxy) is 2. The molecule has 2 heterocycles. The first-order valence-electron chi connectivity index (χ1n) is 8.32. The maximum Gasteiger partial charge on any atom is 0.343 e. The summed E-state index contributed by atoms with van der Waals surface area (Å²) in [6.45, 7) is 5.68. The van der Waals surface area contributed by atoms with Crippen molar-refractivity contribution in [3.8, 4) is 5.88 Å². The molecule has 0 aliphatic carbocycles. The standard InChI is InChI=1S/C19H23N3O3/c1-14-5-4-6-15(13-14)21-9-11-22(12-10-21)17-8-7-16(19(23)25-3)18(20-17)24-2/h4-8,13H,9-12H2,1-3H3. The van der Waals surface area contributed by atoms with Crippen LogP contribution in [0.15, 0.2) is 36.4 Å². The number of hydrogen-bond acceptors (Lipinski definition) is 6. The van der Waals surface area contributed by atoms with E-state index in [2.05, 4.69) is 46.0 Å². The van der Waals surface area contributed by atoms with Crippen molar-refractivity contribution in [1.82, 2.24) is 4.98 Å². The van der Waals surface area contributed by atoms with Gasteiger partial charge < -0.3 is 19.3 Å². The van der Waals surface area contributed by atoms with Crippen LogP contribution in [0.2, 0.25) is 0 Å². The number of hydrogen-bond donors (Lipinski definition) is 0. The normalized spacial score (nSPS) is 14.4. The molecule has 0 saturated carbocycles. The van der Waals surface area contributed by atoms with Gasteiger partial charge in [0.25, 0.3) is 0 Å². The van der Waals surface area contributed by atoms with Gasteiger partial charge in [-0.15, -0.1) is 0 Å². The highest BCUT2D eigenvalue weighted by atomic mass is 16.5. The fourth-order valence-electron chi connectivity index (χ4n) is 3.05. The maximum absolute atomic E-state index is 11.7. The quantitative estimate of drug-likeness (QED) is 0.797. The first-order chi connectivity index (χ1) is 12.1. The molecule has 1 aliphatic heterocycles. The summed E-state index contributed by atoms with van der Waals surface area (Å²) in [5.41, 5.74) is 2.86. The highest BCUT2D eigenvalue weighted by Gasteiger charge is 2.21. The maximum atomic E-state index is 11.7. The SMILES string of the molecule is COC(=O)c1ccc(N2CCN(c3cccc(C)c3)CC2)nc1OC. The number of esters is 1. The fraction of sp³-hybridized carbons (Fsp3) is 0.368. The monoisotopic (exact) mass is 341 g/mol. The number of rotatable bonds is 4. The van der Waals surface area contributed by atoms with Crippen LogP contribution < -0.4 is 14.5 Å². The van der Waals surface area contributed by atoms with Gasteiger partial charge >= 0.3 is 5.97 Å². The summed E-state index contributed by atoms with van der Waals surface area (Å²) >= 11 is 0. The molecule has 0 radical (unpaired) electrons. The topological polar surface area (TPSA) is 54.9 Å². The van der Waals surface area contributed by atoms with Gasteiger partial charge in [-0.3, -0.25) is 0 Å². The van der Waals surface area contributed by atoms with Gasteiger partial charge in [0, 0.05) is 31.9 Å². The fourth-order valence-corrected chi connectivity index (χ4v) is 3.05. The number of carbonyl (C=O) groups excluding carboxylic acids is 1. The van der Waals surface area contributed by atoms with Crippen LogP contribution in [0.4, 0.5) is 11.5 Å². The number of nitrogens with zero attached hydrogens (tertiary/aromatic N) is 3. The second-order valence-electron chi connectivity index (χ2n) is 6.03. The Hall–Kier alpha value is -2.76. The van der Waals surface area contributed by atoms with Gasteiger partial charge in [0.2, 0.25) is 5.88 Å². The van der Waals surface area contributed by atoms with Gasteiger partial charge in [0.1, 0.15) is 11.4 Å². The molecule has 1 aromatic carbocycles. The number of aryl methyl sites for hydroxylation is 1. The number of piperazine rings is 1. The third-order valence-corrected chi connectivity index (χ3v) is 4.41. The van der Waals surface area contributed by atoms with Crippen LogP contribution in [0.3, 0.4) is 0 Å². The molecular formula is C19H23N3O3. The van der Waals surface area contributed by atoms with E-state index in [9.17, 15) is 4.79 Å². The summed E-state index contributed by atoms with van der Waals surface area (Å²) in [5, 5.41) is 0. The van der Waals surface area contributed by atoms with Gasteiger partial charge in [-0.25, -0.2) is 4.79 Å². The van der Waals surface area contributed by atoms with E-state index < -0.39 is 5.97 Å². The van der Waals surface area contributed by atoms with Crippen LogP contribution in [-0.4, -0.2) is 51.4 Å². The molecule has 0 spiro atoms. The van der Waals surface area contributed by atoms with Crippen LogP contribution in [0.1, 0.15) is 15.9 Å². The Bertz CT molecular complexity index is 755. The minimum Gasteiger partial charge on any atom is -0.480 e. The largest absolute Gasteiger partial charge is 0.480 e. The van der Waals surface area contributed by atoms with E-state index in [4.69, 9.17) is 9.47 Å². The minimum absolute atomic E-state index is 0.297. The van der Waals surface area contributed by atoms with Crippen LogP contribution >= 0.6 is 0 Å². The van der Waals surface area contributed by atoms with Crippen molar-refractivity contribution >= 4 is 17.5 Å². The number of methoxy groups -OCH3 is 2. The van der Waals surface area contributed by atoms with E-state index in [1.165, 1.54) is 25.5 Å². The second-order valence-corrected chi connectivity index (χ2v) is 6.03. The predicted octanol–water partition coefficient (Wildman–Crippen LogP) is 2.51. The van der Waals surface area contributed by atoms with Crippen LogP contribution in [-0.2, 0) is 4.74 Å². The molecule has 0 amide bonds. The zero-order valence-corrected chi connectivity index (χ0v) is 14.9. The molecule has 1 saturated heterocycles. The third-order valence-electron chi connectivity index (χ3n) is 4.41. The van der Waals surface area contributed by atoms with Gasteiger partial charge in [-0.05, 0) is 36.8 Å². The molecule has 1 fully saturated rings. The van der Waals surface area contributed by atoms with Crippen molar-refractivity contribution in [3.63, 3.8) is 0 Å². The van der Waals surface area contributed by atoms with E-state index in [0.29, 0.717) is 11.4 Å². The average molecular weight is 341 g/mol. The molecule has 25 heavy (non-hydrogen) atoms. The zero-order chi connectivity index (χ0) is 17.8. The summed E-state index contributed by atoms with van der Waals surface area (Å²) in [4.78, 5) is 20.8. The lowest BCUT2D eigenvalue weighted by Crippen LogP contribution is -2.46. The Balaban J connectivity index is 1.71. The Kier molecular flexibility index (Phi) is 5.07. The number of aromatic nitrogens is 1. The van der Waals surface area contributed by atoms with E-state index in [0.717, 1.165) is 32.0 Å².